The quantitative estimate of drug-likeness (QED) is 0.782. The number of aliphatic hydroxyl groups excluding tert-OH is 1. The summed E-state index contributed by atoms with van der Waals surface area (Å²) in [4.78, 5) is 0.242. The Bertz CT molecular complexity index is 469. The molecule has 0 spiro atoms. The van der Waals surface area contributed by atoms with Crippen molar-refractivity contribution in [3.05, 3.63) is 29.8 Å². The lowest BCUT2D eigenvalue weighted by Crippen LogP contribution is -2.36. The average Bonchev–Trinajstić information content (AvgIpc) is 2.34. The first-order chi connectivity index (χ1) is 8.40. The van der Waals surface area contributed by atoms with E-state index in [0.29, 0.717) is 12.2 Å². The van der Waals surface area contributed by atoms with Crippen molar-refractivity contribution in [2.24, 2.45) is 0 Å². The number of methoxy groups -OCH3 is 1. The van der Waals surface area contributed by atoms with Crippen LogP contribution in [0.15, 0.2) is 29.2 Å². The fraction of sp³-hybridized carbons (Fsp3) is 0.500. The SMILES string of the molecule is CN[C@@H](COC)[C@@H](O)c1ccc(S(C)(=O)=O)cc1. The van der Waals surface area contributed by atoms with Crippen molar-refractivity contribution in [1.29, 1.82) is 0 Å². The molecule has 6 heteroatoms. The summed E-state index contributed by atoms with van der Waals surface area (Å²) in [6.45, 7) is 0.367. The Morgan fingerprint density at radius 2 is 1.89 bits per heavy atom. The van der Waals surface area contributed by atoms with Crippen LogP contribution >= 0.6 is 0 Å². The Kier molecular flexibility index (Phi) is 5.28. The van der Waals surface area contributed by atoms with Crippen LogP contribution in [-0.4, -0.2) is 46.6 Å². The molecule has 1 aromatic carbocycles. The van der Waals surface area contributed by atoms with Crippen LogP contribution in [0.3, 0.4) is 0 Å². The second-order valence-electron chi connectivity index (χ2n) is 4.14. The van der Waals surface area contributed by atoms with Crippen molar-refractivity contribution < 1.29 is 18.3 Å². The first-order valence-corrected chi connectivity index (χ1v) is 7.43. The van der Waals surface area contributed by atoms with Gasteiger partial charge in [0, 0.05) is 13.4 Å². The highest BCUT2D eigenvalue weighted by Gasteiger charge is 2.19. The van der Waals surface area contributed by atoms with E-state index in [2.05, 4.69) is 5.32 Å². The second-order valence-corrected chi connectivity index (χ2v) is 6.15. The summed E-state index contributed by atoms with van der Waals surface area (Å²) in [7, 11) is 0.0900. The predicted molar refractivity (Wildman–Crippen MR) is 69.2 cm³/mol. The van der Waals surface area contributed by atoms with E-state index in [1.165, 1.54) is 12.1 Å². The highest BCUT2D eigenvalue weighted by molar-refractivity contribution is 7.90. The molecule has 0 aliphatic rings. The molecule has 1 rings (SSSR count). The van der Waals surface area contributed by atoms with E-state index in [1.54, 1.807) is 26.3 Å². The van der Waals surface area contributed by atoms with Gasteiger partial charge < -0.3 is 15.2 Å². The van der Waals surface area contributed by atoms with Gasteiger partial charge in [-0.15, -0.1) is 0 Å². The van der Waals surface area contributed by atoms with Crippen LogP contribution in [0.5, 0.6) is 0 Å². The molecule has 0 saturated carbocycles. The number of likely N-dealkylation sites (N-methyl/N-ethyl adjacent to an activating group) is 1. The van der Waals surface area contributed by atoms with Crippen LogP contribution in [0, 0.1) is 0 Å². The van der Waals surface area contributed by atoms with Gasteiger partial charge in [-0.1, -0.05) is 12.1 Å². The van der Waals surface area contributed by atoms with Gasteiger partial charge in [-0.05, 0) is 24.7 Å². The molecular formula is C12H19NO4S. The molecule has 0 radical (unpaired) electrons. The van der Waals surface area contributed by atoms with E-state index in [0.717, 1.165) is 6.26 Å². The summed E-state index contributed by atoms with van der Waals surface area (Å²) in [5.74, 6) is 0. The number of sulfone groups is 1. The lowest BCUT2D eigenvalue weighted by molar-refractivity contribution is 0.0734. The van der Waals surface area contributed by atoms with Crippen LogP contribution in [-0.2, 0) is 14.6 Å². The van der Waals surface area contributed by atoms with Gasteiger partial charge in [0.1, 0.15) is 0 Å². The number of ether oxygens (including phenoxy) is 1. The molecule has 102 valence electrons. The van der Waals surface area contributed by atoms with Gasteiger partial charge in [0.25, 0.3) is 0 Å². The molecule has 5 nitrogen and oxygen atoms in total. The number of hydrogen-bond donors (Lipinski definition) is 2. The van der Waals surface area contributed by atoms with E-state index in [4.69, 9.17) is 4.74 Å². The van der Waals surface area contributed by atoms with Gasteiger partial charge in [0.15, 0.2) is 9.84 Å². The standard InChI is InChI=1S/C12H19NO4S/c1-13-11(8-17-2)12(14)9-4-6-10(7-5-9)18(3,15)16/h4-7,11-14H,8H2,1-3H3/t11-,12-/m0/s1. The van der Waals surface area contributed by atoms with E-state index in [-0.39, 0.29) is 10.9 Å². The molecule has 2 atom stereocenters. The third-order valence-corrected chi connectivity index (χ3v) is 3.88. The van der Waals surface area contributed by atoms with E-state index in [9.17, 15) is 13.5 Å². The third-order valence-electron chi connectivity index (χ3n) is 2.75. The van der Waals surface area contributed by atoms with Crippen molar-refractivity contribution in [3.8, 4) is 0 Å². The van der Waals surface area contributed by atoms with Crippen LogP contribution in [0.2, 0.25) is 0 Å². The Morgan fingerprint density at radius 3 is 2.28 bits per heavy atom. The monoisotopic (exact) mass is 273 g/mol. The molecule has 0 heterocycles. The molecule has 0 saturated heterocycles. The lowest BCUT2D eigenvalue weighted by atomic mass is 10.0. The molecule has 0 aliphatic heterocycles. The van der Waals surface area contributed by atoms with Crippen molar-refractivity contribution in [2.45, 2.75) is 17.0 Å². The normalized spacial score (nSPS) is 15.3. The van der Waals surface area contributed by atoms with E-state index in [1.807, 2.05) is 0 Å². The summed E-state index contributed by atoms with van der Waals surface area (Å²) < 4.78 is 27.6. The molecule has 0 amide bonds. The third kappa shape index (κ3) is 3.78. The van der Waals surface area contributed by atoms with Gasteiger partial charge in [0.2, 0.25) is 0 Å². The summed E-state index contributed by atoms with van der Waals surface area (Å²) in [5, 5.41) is 13.1. The summed E-state index contributed by atoms with van der Waals surface area (Å²) >= 11 is 0. The number of benzene rings is 1. The highest BCUT2D eigenvalue weighted by Crippen LogP contribution is 2.19. The fourth-order valence-corrected chi connectivity index (χ4v) is 2.29. The minimum atomic E-state index is -3.20. The lowest BCUT2D eigenvalue weighted by Gasteiger charge is -2.22. The largest absolute Gasteiger partial charge is 0.387 e. The Hall–Kier alpha value is -0.950. The second kappa shape index (κ2) is 6.29. The van der Waals surface area contributed by atoms with Gasteiger partial charge in [0.05, 0.1) is 23.6 Å². The van der Waals surface area contributed by atoms with E-state index < -0.39 is 15.9 Å². The maximum absolute atomic E-state index is 11.3. The van der Waals surface area contributed by atoms with Crippen LogP contribution < -0.4 is 5.32 Å². The Morgan fingerprint density at radius 1 is 1.33 bits per heavy atom. The molecule has 0 fully saturated rings. The molecule has 2 N–H and O–H groups in total. The molecule has 0 aliphatic carbocycles. The molecule has 0 unspecified atom stereocenters. The zero-order valence-corrected chi connectivity index (χ0v) is 11.6. The number of aliphatic hydroxyl groups is 1. The maximum atomic E-state index is 11.3. The van der Waals surface area contributed by atoms with Gasteiger partial charge in [-0.3, -0.25) is 0 Å². The average molecular weight is 273 g/mol. The Balaban J connectivity index is 2.91. The van der Waals surface area contributed by atoms with Crippen molar-refractivity contribution >= 4 is 9.84 Å². The molecule has 18 heavy (non-hydrogen) atoms. The molecule has 1 aromatic rings. The smallest absolute Gasteiger partial charge is 0.175 e. The zero-order valence-electron chi connectivity index (χ0n) is 10.8. The minimum Gasteiger partial charge on any atom is -0.387 e. The van der Waals surface area contributed by atoms with E-state index >= 15 is 0 Å². The highest BCUT2D eigenvalue weighted by atomic mass is 32.2. The zero-order chi connectivity index (χ0) is 13.8. The van der Waals surface area contributed by atoms with Crippen LogP contribution in [0.25, 0.3) is 0 Å². The summed E-state index contributed by atoms with van der Waals surface area (Å²) in [6, 6.07) is 5.97. The number of hydrogen-bond acceptors (Lipinski definition) is 5. The summed E-state index contributed by atoms with van der Waals surface area (Å²) in [6.07, 6.45) is 0.406. The topological polar surface area (TPSA) is 75.6 Å². The van der Waals surface area contributed by atoms with Crippen LogP contribution in [0.4, 0.5) is 0 Å². The first-order valence-electron chi connectivity index (χ1n) is 5.54. The van der Waals surface area contributed by atoms with Gasteiger partial charge in [-0.2, -0.15) is 0 Å². The Labute approximate surface area is 108 Å². The number of rotatable bonds is 6. The maximum Gasteiger partial charge on any atom is 0.175 e. The van der Waals surface area contributed by atoms with Crippen molar-refractivity contribution in [1.82, 2.24) is 5.32 Å². The minimum absolute atomic E-state index is 0.237. The first kappa shape index (κ1) is 15.1. The molecular weight excluding hydrogens is 254 g/mol. The fourth-order valence-electron chi connectivity index (χ4n) is 1.66. The molecule has 0 aromatic heterocycles. The number of nitrogens with one attached hydrogen (secondary N) is 1. The molecule has 0 bridgehead atoms. The summed E-state index contributed by atoms with van der Waals surface area (Å²) in [5.41, 5.74) is 0.652. The van der Waals surface area contributed by atoms with Crippen molar-refractivity contribution in [2.75, 3.05) is 27.0 Å². The predicted octanol–water partition coefficient (Wildman–Crippen LogP) is 0.358. The van der Waals surface area contributed by atoms with Gasteiger partial charge in [-0.25, -0.2) is 8.42 Å². The van der Waals surface area contributed by atoms with Gasteiger partial charge >= 0.3 is 0 Å². The van der Waals surface area contributed by atoms with Crippen molar-refractivity contribution in [3.63, 3.8) is 0 Å². The van der Waals surface area contributed by atoms with Crippen LogP contribution in [0.1, 0.15) is 11.7 Å².